The number of likely N-dealkylation sites (N-methyl/N-ethyl adjacent to an activating group) is 2. The van der Waals surface area contributed by atoms with Crippen LogP contribution in [0.4, 0.5) is 5.69 Å². The van der Waals surface area contributed by atoms with Crippen LogP contribution >= 0.6 is 0 Å². The SMILES string of the molecule is CNCCN(C)C(=O)c1ccc(S(=O)(=O)Nc2ccc(C)cc2)cc1. The molecular weight excluding hydrogens is 338 g/mol. The van der Waals surface area contributed by atoms with Gasteiger partial charge >= 0.3 is 0 Å². The fraction of sp³-hybridized carbons (Fsp3) is 0.278. The molecule has 0 unspecified atom stereocenters. The van der Waals surface area contributed by atoms with E-state index in [-0.39, 0.29) is 10.8 Å². The number of hydrogen-bond acceptors (Lipinski definition) is 4. The topological polar surface area (TPSA) is 78.5 Å². The average Bonchev–Trinajstić information content (AvgIpc) is 2.61. The lowest BCUT2D eigenvalue weighted by Crippen LogP contribution is -2.32. The standard InChI is InChI=1S/C18H23N3O3S/c1-14-4-8-16(9-5-14)20-25(23,24)17-10-6-15(7-11-17)18(22)21(3)13-12-19-2/h4-11,19-20H,12-13H2,1-3H3. The van der Waals surface area contributed by atoms with Crippen molar-refractivity contribution < 1.29 is 13.2 Å². The molecule has 6 nitrogen and oxygen atoms in total. The molecule has 25 heavy (non-hydrogen) atoms. The summed E-state index contributed by atoms with van der Waals surface area (Å²) >= 11 is 0. The van der Waals surface area contributed by atoms with E-state index in [4.69, 9.17) is 0 Å². The molecule has 2 aromatic rings. The zero-order chi connectivity index (χ0) is 18.4. The summed E-state index contributed by atoms with van der Waals surface area (Å²) in [4.78, 5) is 14.0. The summed E-state index contributed by atoms with van der Waals surface area (Å²) in [5, 5.41) is 2.98. The Morgan fingerprint density at radius 3 is 2.20 bits per heavy atom. The number of carbonyl (C=O) groups excluding carboxylic acids is 1. The third kappa shape index (κ3) is 5.04. The number of anilines is 1. The minimum Gasteiger partial charge on any atom is -0.340 e. The highest BCUT2D eigenvalue weighted by Gasteiger charge is 2.16. The fourth-order valence-electron chi connectivity index (χ4n) is 2.21. The molecule has 2 rings (SSSR count). The maximum Gasteiger partial charge on any atom is 0.261 e. The summed E-state index contributed by atoms with van der Waals surface area (Å²) in [6, 6.07) is 13.0. The van der Waals surface area contributed by atoms with Crippen LogP contribution < -0.4 is 10.0 Å². The van der Waals surface area contributed by atoms with E-state index in [9.17, 15) is 13.2 Å². The van der Waals surface area contributed by atoms with E-state index in [1.165, 1.54) is 24.3 Å². The van der Waals surface area contributed by atoms with Crippen molar-refractivity contribution in [3.8, 4) is 0 Å². The summed E-state index contributed by atoms with van der Waals surface area (Å²) in [5.41, 5.74) is 2.00. The van der Waals surface area contributed by atoms with Crippen LogP contribution in [0.3, 0.4) is 0 Å². The highest BCUT2D eigenvalue weighted by Crippen LogP contribution is 2.17. The molecule has 0 radical (unpaired) electrons. The first-order valence-electron chi connectivity index (χ1n) is 7.93. The van der Waals surface area contributed by atoms with E-state index in [2.05, 4.69) is 10.0 Å². The maximum absolute atomic E-state index is 12.4. The lowest BCUT2D eigenvalue weighted by atomic mass is 10.2. The molecule has 0 atom stereocenters. The molecule has 0 aromatic heterocycles. The van der Waals surface area contributed by atoms with E-state index in [1.54, 1.807) is 24.1 Å². The van der Waals surface area contributed by atoms with E-state index >= 15 is 0 Å². The molecule has 0 fully saturated rings. The molecule has 2 N–H and O–H groups in total. The summed E-state index contributed by atoms with van der Waals surface area (Å²) in [6.07, 6.45) is 0. The van der Waals surface area contributed by atoms with Crippen LogP contribution in [-0.4, -0.2) is 46.4 Å². The number of sulfonamides is 1. The molecule has 0 heterocycles. The second-order valence-corrected chi connectivity index (χ2v) is 7.51. The lowest BCUT2D eigenvalue weighted by molar-refractivity contribution is 0.0796. The van der Waals surface area contributed by atoms with Crippen LogP contribution in [0.15, 0.2) is 53.4 Å². The van der Waals surface area contributed by atoms with Crippen molar-refractivity contribution in [1.82, 2.24) is 10.2 Å². The van der Waals surface area contributed by atoms with Crippen molar-refractivity contribution in [2.24, 2.45) is 0 Å². The average molecular weight is 361 g/mol. The zero-order valence-corrected chi connectivity index (χ0v) is 15.4. The Bertz CT molecular complexity index is 816. The number of aryl methyl sites for hydroxylation is 1. The van der Waals surface area contributed by atoms with Gasteiger partial charge < -0.3 is 10.2 Å². The molecule has 0 spiro atoms. The third-order valence-electron chi connectivity index (χ3n) is 3.76. The zero-order valence-electron chi connectivity index (χ0n) is 14.6. The van der Waals surface area contributed by atoms with E-state index < -0.39 is 10.0 Å². The number of rotatable bonds is 7. The van der Waals surface area contributed by atoms with Crippen LogP contribution in [0.25, 0.3) is 0 Å². The lowest BCUT2D eigenvalue weighted by Gasteiger charge is -2.17. The molecule has 2 aromatic carbocycles. The second kappa shape index (κ2) is 8.13. The van der Waals surface area contributed by atoms with Crippen molar-refractivity contribution >= 4 is 21.6 Å². The number of nitrogens with zero attached hydrogens (tertiary/aromatic N) is 1. The van der Waals surface area contributed by atoms with Crippen LogP contribution in [0.5, 0.6) is 0 Å². The minimum absolute atomic E-state index is 0.113. The van der Waals surface area contributed by atoms with Gasteiger partial charge in [0, 0.05) is 31.4 Å². The van der Waals surface area contributed by atoms with Crippen molar-refractivity contribution in [2.75, 3.05) is 31.9 Å². The van der Waals surface area contributed by atoms with E-state index in [1.807, 2.05) is 26.1 Å². The largest absolute Gasteiger partial charge is 0.340 e. The van der Waals surface area contributed by atoms with Crippen LogP contribution in [0.2, 0.25) is 0 Å². The predicted octanol–water partition coefficient (Wildman–Crippen LogP) is 2.09. The highest BCUT2D eigenvalue weighted by atomic mass is 32.2. The molecule has 7 heteroatoms. The van der Waals surface area contributed by atoms with E-state index in [0.717, 1.165) is 5.56 Å². The molecule has 0 saturated heterocycles. The highest BCUT2D eigenvalue weighted by molar-refractivity contribution is 7.92. The molecule has 0 aliphatic carbocycles. The Morgan fingerprint density at radius 1 is 1.04 bits per heavy atom. The smallest absolute Gasteiger partial charge is 0.261 e. The molecule has 0 aliphatic heterocycles. The van der Waals surface area contributed by atoms with Gasteiger partial charge in [-0.1, -0.05) is 17.7 Å². The number of carbonyl (C=O) groups is 1. The first kappa shape index (κ1) is 19.0. The van der Waals surface area contributed by atoms with Crippen molar-refractivity contribution in [1.29, 1.82) is 0 Å². The van der Waals surface area contributed by atoms with Crippen LogP contribution in [0, 0.1) is 6.92 Å². The Kier molecular flexibility index (Phi) is 6.17. The van der Waals surface area contributed by atoms with Crippen molar-refractivity contribution in [3.63, 3.8) is 0 Å². The van der Waals surface area contributed by atoms with Gasteiger partial charge in [-0.2, -0.15) is 0 Å². The van der Waals surface area contributed by atoms with Gasteiger partial charge in [0.05, 0.1) is 4.90 Å². The van der Waals surface area contributed by atoms with Gasteiger partial charge in [-0.15, -0.1) is 0 Å². The monoisotopic (exact) mass is 361 g/mol. The Balaban J connectivity index is 2.12. The molecule has 1 amide bonds. The molecular formula is C18H23N3O3S. The van der Waals surface area contributed by atoms with Gasteiger partial charge in [-0.3, -0.25) is 9.52 Å². The predicted molar refractivity (Wildman–Crippen MR) is 99.3 cm³/mol. The number of hydrogen-bond donors (Lipinski definition) is 2. The fourth-order valence-corrected chi connectivity index (χ4v) is 3.27. The summed E-state index contributed by atoms with van der Waals surface area (Å²) < 4.78 is 27.4. The van der Waals surface area contributed by atoms with Crippen molar-refractivity contribution in [2.45, 2.75) is 11.8 Å². The first-order valence-corrected chi connectivity index (χ1v) is 9.41. The number of amides is 1. The molecule has 0 aliphatic rings. The second-order valence-electron chi connectivity index (χ2n) is 5.83. The van der Waals surface area contributed by atoms with Gasteiger partial charge in [0.1, 0.15) is 0 Å². The van der Waals surface area contributed by atoms with Gasteiger partial charge in [0.2, 0.25) is 0 Å². The van der Waals surface area contributed by atoms with Gasteiger partial charge in [0.15, 0.2) is 0 Å². The number of benzene rings is 2. The van der Waals surface area contributed by atoms with Crippen molar-refractivity contribution in [3.05, 3.63) is 59.7 Å². The van der Waals surface area contributed by atoms with E-state index in [0.29, 0.717) is 24.3 Å². The third-order valence-corrected chi connectivity index (χ3v) is 5.16. The van der Waals surface area contributed by atoms with Gasteiger partial charge in [-0.25, -0.2) is 8.42 Å². The van der Waals surface area contributed by atoms with Gasteiger partial charge in [0.25, 0.3) is 15.9 Å². The summed E-state index contributed by atoms with van der Waals surface area (Å²) in [7, 11) is -0.158. The molecule has 0 bridgehead atoms. The minimum atomic E-state index is -3.69. The first-order chi connectivity index (χ1) is 11.8. The van der Waals surface area contributed by atoms with Crippen LogP contribution in [-0.2, 0) is 10.0 Å². The quantitative estimate of drug-likeness (QED) is 0.791. The van der Waals surface area contributed by atoms with Gasteiger partial charge in [-0.05, 0) is 50.4 Å². The molecule has 0 saturated carbocycles. The molecule has 134 valence electrons. The Morgan fingerprint density at radius 2 is 1.64 bits per heavy atom. The normalized spacial score (nSPS) is 11.2. The number of nitrogens with one attached hydrogen (secondary N) is 2. The summed E-state index contributed by atoms with van der Waals surface area (Å²) in [6.45, 7) is 3.20. The summed E-state index contributed by atoms with van der Waals surface area (Å²) in [5.74, 6) is -0.148. The Hall–Kier alpha value is -2.38. The Labute approximate surface area is 148 Å². The van der Waals surface area contributed by atoms with Crippen LogP contribution in [0.1, 0.15) is 15.9 Å². The maximum atomic E-state index is 12.4.